The maximum absolute atomic E-state index is 13.2. The topological polar surface area (TPSA) is 58.2 Å². The molecule has 1 aliphatic carbocycles. The molecule has 0 radical (unpaired) electrons. The molecule has 154 valence electrons. The summed E-state index contributed by atoms with van der Waals surface area (Å²) in [6.07, 6.45) is 3.11. The first-order valence-corrected chi connectivity index (χ1v) is 11.2. The van der Waals surface area contributed by atoms with Gasteiger partial charge in [-0.1, -0.05) is 48.9 Å². The highest BCUT2D eigenvalue weighted by atomic mass is 35.5. The number of halogens is 1. The SMILES string of the molecule is C[C@H]1CCc2c(sc(NC(=O)Cc3ccccc3)c2C(=O)Nc2ccc(Cl)cc2)C1. The minimum atomic E-state index is -0.195. The van der Waals surface area contributed by atoms with Crippen LogP contribution in [-0.4, -0.2) is 11.8 Å². The Labute approximate surface area is 185 Å². The van der Waals surface area contributed by atoms with Crippen LogP contribution in [0.4, 0.5) is 10.7 Å². The van der Waals surface area contributed by atoms with E-state index in [9.17, 15) is 9.59 Å². The van der Waals surface area contributed by atoms with Crippen molar-refractivity contribution in [2.24, 2.45) is 5.92 Å². The number of carbonyl (C=O) groups excluding carboxylic acids is 2. The predicted octanol–water partition coefficient (Wildman–Crippen LogP) is 5.96. The molecule has 0 spiro atoms. The average Bonchev–Trinajstić information content (AvgIpc) is 3.07. The van der Waals surface area contributed by atoms with E-state index >= 15 is 0 Å². The fourth-order valence-electron chi connectivity index (χ4n) is 3.76. The van der Waals surface area contributed by atoms with Gasteiger partial charge in [-0.05, 0) is 60.6 Å². The van der Waals surface area contributed by atoms with Crippen LogP contribution in [0.25, 0.3) is 0 Å². The molecule has 0 saturated heterocycles. The van der Waals surface area contributed by atoms with E-state index < -0.39 is 0 Å². The molecular weight excluding hydrogens is 416 g/mol. The third-order valence-corrected chi connectivity index (χ3v) is 6.72. The number of fused-ring (bicyclic) bond motifs is 1. The lowest BCUT2D eigenvalue weighted by atomic mass is 9.88. The molecule has 0 fully saturated rings. The van der Waals surface area contributed by atoms with Gasteiger partial charge in [0.15, 0.2) is 0 Å². The van der Waals surface area contributed by atoms with Gasteiger partial charge in [-0.25, -0.2) is 0 Å². The van der Waals surface area contributed by atoms with Crippen molar-refractivity contribution in [1.29, 1.82) is 0 Å². The highest BCUT2D eigenvalue weighted by molar-refractivity contribution is 7.17. The molecule has 2 aromatic carbocycles. The van der Waals surface area contributed by atoms with Crippen LogP contribution in [0.2, 0.25) is 5.02 Å². The van der Waals surface area contributed by atoms with Crippen LogP contribution in [0.5, 0.6) is 0 Å². The lowest BCUT2D eigenvalue weighted by Crippen LogP contribution is -2.20. The van der Waals surface area contributed by atoms with Crippen molar-refractivity contribution in [3.8, 4) is 0 Å². The number of rotatable bonds is 5. The van der Waals surface area contributed by atoms with E-state index in [4.69, 9.17) is 11.6 Å². The third-order valence-electron chi connectivity index (χ3n) is 5.30. The molecule has 1 heterocycles. The molecule has 2 amide bonds. The first kappa shape index (κ1) is 20.6. The van der Waals surface area contributed by atoms with Crippen molar-refractivity contribution >= 4 is 45.4 Å². The second-order valence-corrected chi connectivity index (χ2v) is 9.27. The molecule has 0 bridgehead atoms. The minimum Gasteiger partial charge on any atom is -0.322 e. The zero-order valence-electron chi connectivity index (χ0n) is 16.7. The lowest BCUT2D eigenvalue weighted by molar-refractivity contribution is -0.115. The van der Waals surface area contributed by atoms with E-state index in [1.807, 2.05) is 30.3 Å². The van der Waals surface area contributed by atoms with Crippen molar-refractivity contribution in [3.05, 3.63) is 81.2 Å². The monoisotopic (exact) mass is 438 g/mol. The Hall–Kier alpha value is -2.63. The van der Waals surface area contributed by atoms with Crippen molar-refractivity contribution < 1.29 is 9.59 Å². The molecule has 30 heavy (non-hydrogen) atoms. The number of carbonyl (C=O) groups is 2. The molecule has 4 nitrogen and oxygen atoms in total. The van der Waals surface area contributed by atoms with Crippen LogP contribution in [-0.2, 0) is 24.1 Å². The predicted molar refractivity (Wildman–Crippen MR) is 124 cm³/mol. The van der Waals surface area contributed by atoms with Crippen LogP contribution in [0, 0.1) is 5.92 Å². The number of benzene rings is 2. The highest BCUT2D eigenvalue weighted by Gasteiger charge is 2.28. The van der Waals surface area contributed by atoms with Gasteiger partial charge in [0.2, 0.25) is 5.91 Å². The summed E-state index contributed by atoms with van der Waals surface area (Å²) in [5.41, 5.74) is 3.28. The Bertz CT molecular complexity index is 1060. The van der Waals surface area contributed by atoms with E-state index in [0.717, 1.165) is 30.4 Å². The summed E-state index contributed by atoms with van der Waals surface area (Å²) in [6.45, 7) is 2.23. The van der Waals surface area contributed by atoms with Crippen molar-refractivity contribution in [2.75, 3.05) is 10.6 Å². The molecule has 3 aromatic rings. The van der Waals surface area contributed by atoms with Crippen LogP contribution in [0.3, 0.4) is 0 Å². The number of hydrogen-bond donors (Lipinski definition) is 2. The quantitative estimate of drug-likeness (QED) is 0.516. The number of amides is 2. The van der Waals surface area contributed by atoms with E-state index in [1.165, 1.54) is 16.2 Å². The largest absolute Gasteiger partial charge is 0.322 e. The number of hydrogen-bond acceptors (Lipinski definition) is 3. The summed E-state index contributed by atoms with van der Waals surface area (Å²) in [5.74, 6) is 0.268. The van der Waals surface area contributed by atoms with E-state index in [2.05, 4.69) is 17.6 Å². The standard InChI is InChI=1S/C24H23ClN2O2S/c1-15-7-12-19-20(13-15)30-24(27-21(28)14-16-5-3-2-4-6-16)22(19)23(29)26-18-10-8-17(25)9-11-18/h2-6,8-11,15H,7,12-14H2,1H3,(H,26,29)(H,27,28)/t15-/m0/s1. The fourth-order valence-corrected chi connectivity index (χ4v) is 5.31. The van der Waals surface area contributed by atoms with E-state index in [1.54, 1.807) is 24.3 Å². The van der Waals surface area contributed by atoms with E-state index in [-0.39, 0.29) is 18.2 Å². The molecule has 6 heteroatoms. The molecule has 0 aliphatic heterocycles. The summed E-state index contributed by atoms with van der Waals surface area (Å²) in [5, 5.41) is 7.21. The average molecular weight is 439 g/mol. The molecular formula is C24H23ClN2O2S. The minimum absolute atomic E-state index is 0.117. The summed E-state index contributed by atoms with van der Waals surface area (Å²) >= 11 is 7.48. The second kappa shape index (κ2) is 9.02. The van der Waals surface area contributed by atoms with Gasteiger partial charge in [-0.3, -0.25) is 9.59 Å². The van der Waals surface area contributed by atoms with Gasteiger partial charge in [0, 0.05) is 15.6 Å². The van der Waals surface area contributed by atoms with E-state index in [0.29, 0.717) is 27.2 Å². The molecule has 2 N–H and O–H groups in total. The van der Waals surface area contributed by atoms with Crippen molar-refractivity contribution in [3.63, 3.8) is 0 Å². The van der Waals surface area contributed by atoms with Gasteiger partial charge in [0.1, 0.15) is 5.00 Å². The van der Waals surface area contributed by atoms with Crippen LogP contribution in [0.1, 0.15) is 39.7 Å². The summed E-state index contributed by atoms with van der Waals surface area (Å²) < 4.78 is 0. The Morgan fingerprint density at radius 3 is 2.53 bits per heavy atom. The maximum Gasteiger partial charge on any atom is 0.258 e. The van der Waals surface area contributed by atoms with Gasteiger partial charge < -0.3 is 10.6 Å². The second-order valence-electron chi connectivity index (χ2n) is 7.73. The summed E-state index contributed by atoms with van der Waals surface area (Å²) in [6, 6.07) is 16.6. The first-order chi connectivity index (χ1) is 14.5. The number of thiophene rings is 1. The van der Waals surface area contributed by atoms with Crippen molar-refractivity contribution in [1.82, 2.24) is 0 Å². The zero-order valence-corrected chi connectivity index (χ0v) is 18.3. The molecule has 1 aromatic heterocycles. The molecule has 4 rings (SSSR count). The summed E-state index contributed by atoms with van der Waals surface area (Å²) in [7, 11) is 0. The molecule has 1 atom stereocenters. The Kier molecular flexibility index (Phi) is 6.21. The highest BCUT2D eigenvalue weighted by Crippen LogP contribution is 2.40. The zero-order chi connectivity index (χ0) is 21.1. The smallest absolute Gasteiger partial charge is 0.258 e. The van der Waals surface area contributed by atoms with Gasteiger partial charge in [0.25, 0.3) is 5.91 Å². The van der Waals surface area contributed by atoms with Gasteiger partial charge >= 0.3 is 0 Å². The van der Waals surface area contributed by atoms with Gasteiger partial charge in [0.05, 0.1) is 12.0 Å². The third kappa shape index (κ3) is 4.74. The normalized spacial score (nSPS) is 15.3. The first-order valence-electron chi connectivity index (χ1n) is 10.0. The number of anilines is 2. The van der Waals surface area contributed by atoms with Crippen LogP contribution >= 0.6 is 22.9 Å². The lowest BCUT2D eigenvalue weighted by Gasteiger charge is -2.18. The Morgan fingerprint density at radius 2 is 1.80 bits per heavy atom. The Morgan fingerprint density at radius 1 is 1.07 bits per heavy atom. The van der Waals surface area contributed by atoms with Crippen LogP contribution < -0.4 is 10.6 Å². The van der Waals surface area contributed by atoms with Gasteiger partial charge in [-0.15, -0.1) is 11.3 Å². The van der Waals surface area contributed by atoms with Gasteiger partial charge in [-0.2, -0.15) is 0 Å². The molecule has 1 aliphatic rings. The summed E-state index contributed by atoms with van der Waals surface area (Å²) in [4.78, 5) is 27.1. The van der Waals surface area contributed by atoms with Crippen molar-refractivity contribution in [2.45, 2.75) is 32.6 Å². The number of nitrogens with one attached hydrogen (secondary N) is 2. The van der Waals surface area contributed by atoms with Crippen LogP contribution in [0.15, 0.2) is 54.6 Å². The fraction of sp³-hybridized carbons (Fsp3) is 0.250. The maximum atomic E-state index is 13.2. The molecule has 0 unspecified atom stereocenters. The molecule has 0 saturated carbocycles. The Balaban J connectivity index is 1.60.